The molecular formula is C22H15ClN2O3. The minimum Gasteiger partial charge on any atom is -0.489 e. The lowest BCUT2D eigenvalue weighted by Crippen LogP contribution is -1.94. The highest BCUT2D eigenvalue weighted by molar-refractivity contribution is 6.30. The fourth-order valence-electron chi connectivity index (χ4n) is 2.52. The topological polar surface area (TPSA) is 76.2 Å². The van der Waals surface area contributed by atoms with Crippen molar-refractivity contribution in [3.05, 3.63) is 105 Å². The number of rotatable bonds is 6. The average Bonchev–Trinajstić information content (AvgIpc) is 2.72. The maximum absolute atomic E-state index is 10.7. The zero-order valence-corrected chi connectivity index (χ0v) is 15.5. The van der Waals surface area contributed by atoms with Crippen molar-refractivity contribution in [3.63, 3.8) is 0 Å². The number of halogens is 1. The SMILES string of the molecule is N#CC(=Cc1ccc(OCc2ccc(Cl)cc2)cc1)c1ccc([N+](=O)[O-])cc1. The first-order chi connectivity index (χ1) is 13.5. The van der Waals surface area contributed by atoms with Gasteiger partial charge in [-0.2, -0.15) is 5.26 Å². The number of nitro benzene ring substituents is 1. The Bertz CT molecular complexity index is 1040. The lowest BCUT2D eigenvalue weighted by molar-refractivity contribution is -0.384. The van der Waals surface area contributed by atoms with Gasteiger partial charge in [-0.25, -0.2) is 0 Å². The number of non-ortho nitro benzene ring substituents is 1. The van der Waals surface area contributed by atoms with Crippen LogP contribution < -0.4 is 4.74 Å². The van der Waals surface area contributed by atoms with Crippen LogP contribution in [0.1, 0.15) is 16.7 Å². The predicted molar refractivity (Wildman–Crippen MR) is 109 cm³/mol. The first kappa shape index (κ1) is 19.2. The van der Waals surface area contributed by atoms with Crippen molar-refractivity contribution in [1.29, 1.82) is 5.26 Å². The number of allylic oxidation sites excluding steroid dienone is 1. The highest BCUT2D eigenvalue weighted by Gasteiger charge is 2.07. The Balaban J connectivity index is 1.69. The van der Waals surface area contributed by atoms with Crippen LogP contribution in [0.15, 0.2) is 72.8 Å². The summed E-state index contributed by atoms with van der Waals surface area (Å²) in [6.45, 7) is 0.429. The number of ether oxygens (including phenoxy) is 1. The van der Waals surface area contributed by atoms with Crippen molar-refractivity contribution in [1.82, 2.24) is 0 Å². The van der Waals surface area contributed by atoms with E-state index in [1.807, 2.05) is 48.5 Å². The second kappa shape index (κ2) is 8.85. The standard InChI is InChI=1S/C22H15ClN2O3/c23-20-7-1-17(2-8-20)15-28-22-11-3-16(4-12-22)13-19(14-24)18-5-9-21(10-6-18)25(26)27/h1-13H,15H2. The molecule has 3 aromatic rings. The summed E-state index contributed by atoms with van der Waals surface area (Å²) >= 11 is 5.87. The molecule has 0 aromatic heterocycles. The average molecular weight is 391 g/mol. The third kappa shape index (κ3) is 4.97. The van der Waals surface area contributed by atoms with Crippen LogP contribution in [0.4, 0.5) is 5.69 Å². The van der Waals surface area contributed by atoms with Gasteiger partial charge in [0.25, 0.3) is 5.69 Å². The molecule has 0 radical (unpaired) electrons. The Kier molecular flexibility index (Phi) is 6.05. The highest BCUT2D eigenvalue weighted by Crippen LogP contribution is 2.22. The Morgan fingerprint density at radius 3 is 2.25 bits per heavy atom. The van der Waals surface area contributed by atoms with Gasteiger partial charge in [0, 0.05) is 17.2 Å². The van der Waals surface area contributed by atoms with Gasteiger partial charge in [0.05, 0.1) is 16.6 Å². The van der Waals surface area contributed by atoms with E-state index in [1.165, 1.54) is 12.1 Å². The monoisotopic (exact) mass is 390 g/mol. The van der Waals surface area contributed by atoms with Gasteiger partial charge < -0.3 is 4.74 Å². The zero-order valence-electron chi connectivity index (χ0n) is 14.7. The molecule has 3 rings (SSSR count). The largest absolute Gasteiger partial charge is 0.489 e. The molecule has 0 unspecified atom stereocenters. The number of benzene rings is 3. The summed E-state index contributed by atoms with van der Waals surface area (Å²) in [4.78, 5) is 10.3. The molecule has 28 heavy (non-hydrogen) atoms. The summed E-state index contributed by atoms with van der Waals surface area (Å²) in [6, 6.07) is 22.8. The molecule has 0 spiro atoms. The van der Waals surface area contributed by atoms with Crippen molar-refractivity contribution in [2.24, 2.45) is 0 Å². The quantitative estimate of drug-likeness (QED) is 0.227. The Morgan fingerprint density at radius 1 is 1.04 bits per heavy atom. The Morgan fingerprint density at radius 2 is 1.68 bits per heavy atom. The van der Waals surface area contributed by atoms with E-state index in [0.717, 1.165) is 11.1 Å². The van der Waals surface area contributed by atoms with E-state index in [0.29, 0.717) is 28.5 Å². The van der Waals surface area contributed by atoms with Gasteiger partial charge in [0.2, 0.25) is 0 Å². The third-order valence-corrected chi connectivity index (χ3v) is 4.27. The molecular weight excluding hydrogens is 376 g/mol. The minimum absolute atomic E-state index is 0.0109. The van der Waals surface area contributed by atoms with Gasteiger partial charge >= 0.3 is 0 Å². The fourth-order valence-corrected chi connectivity index (χ4v) is 2.64. The van der Waals surface area contributed by atoms with E-state index in [-0.39, 0.29) is 5.69 Å². The predicted octanol–water partition coefficient (Wildman–Crippen LogP) is 5.89. The molecule has 3 aromatic carbocycles. The summed E-state index contributed by atoms with van der Waals surface area (Å²) in [5.74, 6) is 0.709. The van der Waals surface area contributed by atoms with Crippen LogP contribution in [0.3, 0.4) is 0 Å². The van der Waals surface area contributed by atoms with E-state index in [9.17, 15) is 15.4 Å². The smallest absolute Gasteiger partial charge is 0.269 e. The highest BCUT2D eigenvalue weighted by atomic mass is 35.5. The molecule has 0 N–H and O–H groups in total. The van der Waals surface area contributed by atoms with E-state index in [1.54, 1.807) is 18.2 Å². The van der Waals surface area contributed by atoms with Gasteiger partial charge in [0.1, 0.15) is 12.4 Å². The Hall–Kier alpha value is -3.62. The summed E-state index contributed by atoms with van der Waals surface area (Å²) in [5, 5.41) is 20.8. The normalized spacial score (nSPS) is 10.9. The molecule has 0 atom stereocenters. The molecule has 0 aliphatic heterocycles. The van der Waals surface area contributed by atoms with Crippen molar-refractivity contribution in [2.75, 3.05) is 0 Å². The second-order valence-electron chi connectivity index (χ2n) is 5.96. The lowest BCUT2D eigenvalue weighted by atomic mass is 10.0. The maximum atomic E-state index is 10.7. The number of hydrogen-bond donors (Lipinski definition) is 0. The van der Waals surface area contributed by atoms with E-state index in [2.05, 4.69) is 6.07 Å². The van der Waals surface area contributed by atoms with Gasteiger partial charge in [0.15, 0.2) is 0 Å². The Labute approximate surface area is 167 Å². The summed E-state index contributed by atoms with van der Waals surface area (Å²) in [7, 11) is 0. The van der Waals surface area contributed by atoms with Crippen molar-refractivity contribution >= 4 is 28.9 Å². The molecule has 0 aliphatic rings. The fraction of sp³-hybridized carbons (Fsp3) is 0.0455. The van der Waals surface area contributed by atoms with Crippen LogP contribution in [0.2, 0.25) is 5.02 Å². The van der Waals surface area contributed by atoms with Crippen LogP contribution in [-0.2, 0) is 6.61 Å². The van der Waals surface area contributed by atoms with Crippen LogP contribution in [0.5, 0.6) is 5.75 Å². The van der Waals surface area contributed by atoms with Crippen molar-refractivity contribution in [2.45, 2.75) is 6.61 Å². The molecule has 0 saturated heterocycles. The molecule has 138 valence electrons. The van der Waals surface area contributed by atoms with Crippen LogP contribution in [0, 0.1) is 21.4 Å². The molecule has 0 saturated carbocycles. The van der Waals surface area contributed by atoms with Crippen LogP contribution >= 0.6 is 11.6 Å². The number of nitriles is 1. The van der Waals surface area contributed by atoms with E-state index in [4.69, 9.17) is 16.3 Å². The van der Waals surface area contributed by atoms with Gasteiger partial charge in [-0.3, -0.25) is 10.1 Å². The minimum atomic E-state index is -0.470. The summed E-state index contributed by atoms with van der Waals surface area (Å²) in [5.41, 5.74) is 2.87. The van der Waals surface area contributed by atoms with Gasteiger partial charge in [-0.05, 0) is 59.2 Å². The maximum Gasteiger partial charge on any atom is 0.269 e. The van der Waals surface area contributed by atoms with Crippen LogP contribution in [0.25, 0.3) is 11.6 Å². The first-order valence-corrected chi connectivity index (χ1v) is 8.77. The molecule has 0 bridgehead atoms. The summed E-state index contributed by atoms with van der Waals surface area (Å²) < 4.78 is 5.75. The molecule has 0 fully saturated rings. The van der Waals surface area contributed by atoms with E-state index >= 15 is 0 Å². The van der Waals surface area contributed by atoms with Crippen molar-refractivity contribution in [3.8, 4) is 11.8 Å². The number of hydrogen-bond acceptors (Lipinski definition) is 4. The number of nitrogens with zero attached hydrogens (tertiary/aromatic N) is 2. The van der Waals surface area contributed by atoms with Crippen LogP contribution in [-0.4, -0.2) is 4.92 Å². The lowest BCUT2D eigenvalue weighted by Gasteiger charge is -2.07. The number of nitro groups is 1. The third-order valence-electron chi connectivity index (χ3n) is 4.02. The van der Waals surface area contributed by atoms with E-state index < -0.39 is 4.92 Å². The molecule has 0 amide bonds. The van der Waals surface area contributed by atoms with Crippen molar-refractivity contribution < 1.29 is 9.66 Å². The molecule has 5 nitrogen and oxygen atoms in total. The second-order valence-corrected chi connectivity index (χ2v) is 6.39. The molecule has 6 heteroatoms. The molecule has 0 heterocycles. The van der Waals surface area contributed by atoms with Gasteiger partial charge in [-0.15, -0.1) is 0 Å². The zero-order chi connectivity index (χ0) is 19.9. The summed E-state index contributed by atoms with van der Waals surface area (Å²) in [6.07, 6.45) is 1.73. The van der Waals surface area contributed by atoms with Gasteiger partial charge in [-0.1, -0.05) is 35.9 Å². The first-order valence-electron chi connectivity index (χ1n) is 8.39. The molecule has 0 aliphatic carbocycles.